The highest BCUT2D eigenvalue weighted by molar-refractivity contribution is 6.46. The van der Waals surface area contributed by atoms with Crippen molar-refractivity contribution in [3.05, 3.63) is 23.8 Å². The monoisotopic (exact) mass is 204 g/mol. The van der Waals surface area contributed by atoms with Gasteiger partial charge in [-0.3, -0.25) is 0 Å². The molecule has 0 saturated heterocycles. The fourth-order valence-electron chi connectivity index (χ4n) is 1.06. The molecule has 1 aromatic carbocycles. The minimum Gasteiger partial charge on any atom is -0.423 e. The van der Waals surface area contributed by atoms with E-state index in [4.69, 9.17) is 32.7 Å². The molecule has 0 atom stereocenters. The van der Waals surface area contributed by atoms with Crippen LogP contribution in [0.2, 0.25) is 0 Å². The van der Waals surface area contributed by atoms with Gasteiger partial charge in [0.1, 0.15) is 0 Å². The molecule has 0 aliphatic carbocycles. The van der Waals surface area contributed by atoms with E-state index in [0.717, 1.165) is 5.56 Å². The van der Waals surface area contributed by atoms with Gasteiger partial charge in [-0.1, -0.05) is 6.07 Å². The summed E-state index contributed by atoms with van der Waals surface area (Å²) < 4.78 is 8.58. The molecule has 0 radical (unpaired) electrons. The number of benzene rings is 1. The van der Waals surface area contributed by atoms with Crippen LogP contribution >= 0.6 is 23.2 Å². The van der Waals surface area contributed by atoms with E-state index in [1.807, 2.05) is 19.1 Å². The molecule has 2 nitrogen and oxygen atoms in total. The second-order valence-electron chi connectivity index (χ2n) is 2.62. The fourth-order valence-corrected chi connectivity index (χ4v) is 1.39. The predicted molar refractivity (Wildman–Crippen MR) is 46.9 cm³/mol. The summed E-state index contributed by atoms with van der Waals surface area (Å²) in [5.41, 5.74) is 1.07. The van der Waals surface area contributed by atoms with Gasteiger partial charge in [0, 0.05) is 0 Å². The molecule has 0 spiro atoms. The maximum atomic E-state index is 5.61. The van der Waals surface area contributed by atoms with Crippen molar-refractivity contribution in [3.63, 3.8) is 0 Å². The van der Waals surface area contributed by atoms with Gasteiger partial charge in [-0.25, -0.2) is 0 Å². The zero-order valence-electron chi connectivity index (χ0n) is 6.30. The normalized spacial score (nSPS) is 17.9. The first-order chi connectivity index (χ1) is 5.57. The molecule has 1 heterocycles. The maximum absolute atomic E-state index is 5.61. The van der Waals surface area contributed by atoms with E-state index in [-0.39, 0.29) is 0 Å². The van der Waals surface area contributed by atoms with Crippen LogP contribution in [0.5, 0.6) is 11.5 Å². The van der Waals surface area contributed by atoms with E-state index >= 15 is 0 Å². The van der Waals surface area contributed by atoms with Crippen LogP contribution in [-0.4, -0.2) is 4.71 Å². The van der Waals surface area contributed by atoms with Crippen molar-refractivity contribution in [2.75, 3.05) is 0 Å². The van der Waals surface area contributed by atoms with Crippen molar-refractivity contribution in [2.24, 2.45) is 0 Å². The molecule has 64 valence electrons. The van der Waals surface area contributed by atoms with Crippen LogP contribution in [0.1, 0.15) is 5.56 Å². The number of halogens is 2. The first-order valence-electron chi connectivity index (χ1n) is 3.43. The van der Waals surface area contributed by atoms with Crippen LogP contribution in [0.4, 0.5) is 0 Å². The average molecular weight is 205 g/mol. The lowest BCUT2D eigenvalue weighted by Crippen LogP contribution is -2.22. The SMILES string of the molecule is Cc1ccc2c(c1)OC(Cl)(Cl)O2. The van der Waals surface area contributed by atoms with Crippen molar-refractivity contribution in [1.29, 1.82) is 0 Å². The Balaban J connectivity index is 2.43. The molecule has 0 aromatic heterocycles. The molecular weight excluding hydrogens is 199 g/mol. The summed E-state index contributed by atoms with van der Waals surface area (Å²) in [7, 11) is 0. The molecule has 0 bridgehead atoms. The van der Waals surface area contributed by atoms with Crippen LogP contribution in [-0.2, 0) is 0 Å². The van der Waals surface area contributed by atoms with Gasteiger partial charge in [0.2, 0.25) is 0 Å². The molecular formula is C8H6Cl2O2. The number of aryl methyl sites for hydroxylation is 1. The van der Waals surface area contributed by atoms with E-state index in [1.54, 1.807) is 6.07 Å². The van der Waals surface area contributed by atoms with Crippen molar-refractivity contribution in [3.8, 4) is 11.5 Å². The van der Waals surface area contributed by atoms with Gasteiger partial charge in [0.05, 0.1) is 0 Å². The highest BCUT2D eigenvalue weighted by Crippen LogP contribution is 2.43. The zero-order valence-corrected chi connectivity index (χ0v) is 7.82. The Bertz CT molecular complexity index is 323. The summed E-state index contributed by atoms with van der Waals surface area (Å²) in [4.78, 5) is 0. The Morgan fingerprint density at radius 3 is 2.58 bits per heavy atom. The Hall–Kier alpha value is -0.600. The Kier molecular flexibility index (Phi) is 1.63. The molecule has 1 aliphatic rings. The Morgan fingerprint density at radius 1 is 1.17 bits per heavy atom. The number of hydrogen-bond donors (Lipinski definition) is 0. The fraction of sp³-hybridized carbons (Fsp3) is 0.250. The van der Waals surface area contributed by atoms with Crippen LogP contribution in [0.3, 0.4) is 0 Å². The topological polar surface area (TPSA) is 18.5 Å². The van der Waals surface area contributed by atoms with Crippen LogP contribution in [0.25, 0.3) is 0 Å². The van der Waals surface area contributed by atoms with Gasteiger partial charge < -0.3 is 9.47 Å². The molecule has 0 saturated carbocycles. The summed E-state index contributed by atoms with van der Waals surface area (Å²) in [6.07, 6.45) is 0. The van der Waals surface area contributed by atoms with Gasteiger partial charge >= 0.3 is 4.71 Å². The molecule has 0 fully saturated rings. The zero-order chi connectivity index (χ0) is 8.77. The largest absolute Gasteiger partial charge is 0.423 e. The second-order valence-corrected chi connectivity index (χ2v) is 3.81. The highest BCUT2D eigenvalue weighted by atomic mass is 35.5. The van der Waals surface area contributed by atoms with Crippen LogP contribution in [0.15, 0.2) is 18.2 Å². The van der Waals surface area contributed by atoms with Crippen LogP contribution < -0.4 is 9.47 Å². The summed E-state index contributed by atoms with van der Waals surface area (Å²) in [6.45, 7) is 1.95. The smallest absolute Gasteiger partial charge is 0.419 e. The summed E-state index contributed by atoms with van der Waals surface area (Å²) in [5, 5.41) is 0. The Morgan fingerprint density at radius 2 is 1.83 bits per heavy atom. The van der Waals surface area contributed by atoms with Gasteiger partial charge in [0.15, 0.2) is 11.5 Å². The molecule has 0 amide bonds. The van der Waals surface area contributed by atoms with E-state index in [2.05, 4.69) is 0 Å². The minimum atomic E-state index is -1.56. The summed E-state index contributed by atoms with van der Waals surface area (Å²) in [5.74, 6) is 1.16. The van der Waals surface area contributed by atoms with Crippen molar-refractivity contribution < 1.29 is 9.47 Å². The van der Waals surface area contributed by atoms with Gasteiger partial charge in [-0.2, -0.15) is 0 Å². The predicted octanol–water partition coefficient (Wildman–Crippen LogP) is 2.86. The van der Waals surface area contributed by atoms with Gasteiger partial charge in [-0.15, -0.1) is 0 Å². The third-order valence-corrected chi connectivity index (χ3v) is 1.87. The average Bonchev–Trinajstić information content (AvgIpc) is 2.21. The lowest BCUT2D eigenvalue weighted by Gasteiger charge is -2.09. The van der Waals surface area contributed by atoms with E-state index in [9.17, 15) is 0 Å². The maximum Gasteiger partial charge on any atom is 0.419 e. The number of fused-ring (bicyclic) bond motifs is 1. The number of ether oxygens (including phenoxy) is 2. The molecule has 1 aliphatic heterocycles. The number of rotatable bonds is 0. The molecule has 12 heavy (non-hydrogen) atoms. The molecule has 4 heteroatoms. The quantitative estimate of drug-likeness (QED) is 0.606. The van der Waals surface area contributed by atoms with Gasteiger partial charge in [0.25, 0.3) is 0 Å². The highest BCUT2D eigenvalue weighted by Gasteiger charge is 2.37. The van der Waals surface area contributed by atoms with Crippen molar-refractivity contribution in [1.82, 2.24) is 0 Å². The lowest BCUT2D eigenvalue weighted by molar-refractivity contribution is 0.0849. The second kappa shape index (κ2) is 2.44. The molecule has 1 aromatic rings. The van der Waals surface area contributed by atoms with E-state index in [0.29, 0.717) is 11.5 Å². The molecule has 0 unspecified atom stereocenters. The number of alkyl halides is 2. The van der Waals surface area contributed by atoms with Crippen molar-refractivity contribution >= 4 is 23.2 Å². The first kappa shape index (κ1) is 8.02. The third-order valence-electron chi connectivity index (χ3n) is 1.56. The van der Waals surface area contributed by atoms with E-state index < -0.39 is 4.71 Å². The molecule has 2 rings (SSSR count). The number of hydrogen-bond acceptors (Lipinski definition) is 2. The first-order valence-corrected chi connectivity index (χ1v) is 4.19. The molecule has 0 N–H and O–H groups in total. The van der Waals surface area contributed by atoms with Crippen LogP contribution in [0, 0.1) is 6.92 Å². The third kappa shape index (κ3) is 1.32. The van der Waals surface area contributed by atoms with Crippen molar-refractivity contribution in [2.45, 2.75) is 11.6 Å². The Labute approximate surface area is 80.0 Å². The lowest BCUT2D eigenvalue weighted by atomic mass is 10.2. The minimum absolute atomic E-state index is 0.575. The summed E-state index contributed by atoms with van der Waals surface area (Å²) in [6, 6.07) is 5.50. The van der Waals surface area contributed by atoms with E-state index in [1.165, 1.54) is 0 Å². The standard InChI is InChI=1S/C8H6Cl2O2/c1-5-2-3-6-7(4-5)12-8(9,10)11-6/h2-4H,1H3. The summed E-state index contributed by atoms with van der Waals surface area (Å²) >= 11 is 11.2. The van der Waals surface area contributed by atoms with Gasteiger partial charge in [-0.05, 0) is 47.8 Å².